The maximum atomic E-state index is 15.7. The molecule has 6 N–H and O–H groups in total. The van der Waals surface area contributed by atoms with Gasteiger partial charge in [0, 0.05) is 61.5 Å². The van der Waals surface area contributed by atoms with Crippen molar-refractivity contribution in [1.82, 2.24) is 35.7 Å². The SMILES string of the molecule is Cc1ncsc1-c1ccc([C@H](C)NC(=O)[C@@H]2C[C@@H](O)CN2C(=O)[C@@H](NC(=O)CNC(=O)c2ccc(F)c(-c3ccc(N4C[C@@H](C)N(C)[C@@H](C)C4)c(NC(=O)c4c[nH]c(=O)cc4C(F)(F)F)c3)c2)C(C)(C)C)cc1. The summed E-state index contributed by atoms with van der Waals surface area (Å²) in [7, 11) is 1.96. The van der Waals surface area contributed by atoms with Gasteiger partial charge in [-0.3, -0.25) is 33.7 Å². The third-order valence-electron chi connectivity index (χ3n) is 13.4. The van der Waals surface area contributed by atoms with Gasteiger partial charge in [-0.2, -0.15) is 13.2 Å². The molecule has 2 aliphatic heterocycles. The number of likely N-dealkylation sites (N-methyl/N-ethyl adjacent to an activating group) is 1. The van der Waals surface area contributed by atoms with E-state index in [-0.39, 0.29) is 47.4 Å². The first-order chi connectivity index (χ1) is 34.3. The molecule has 21 heteroatoms. The molecule has 73 heavy (non-hydrogen) atoms. The second-order valence-electron chi connectivity index (χ2n) is 19.8. The number of halogens is 4. The van der Waals surface area contributed by atoms with Crippen LogP contribution in [0.1, 0.15) is 91.5 Å². The number of aryl methyl sites for hydroxylation is 1. The van der Waals surface area contributed by atoms with E-state index < -0.39 is 94.4 Å². The average molecular weight is 1030 g/mol. The van der Waals surface area contributed by atoms with Gasteiger partial charge in [-0.1, -0.05) is 51.1 Å². The van der Waals surface area contributed by atoms with Gasteiger partial charge in [-0.15, -0.1) is 11.3 Å². The lowest BCUT2D eigenvalue weighted by Gasteiger charge is -2.44. The number of anilines is 2. The first kappa shape index (κ1) is 53.8. The number of piperazine rings is 1. The standard InChI is InChI=1S/C52H59F4N9O7S/c1-27-23-64(24-28(2)63(27)8)41-16-14-33(18-40(41)61-48(70)37-21-57-43(67)20-38(37)52(54,55)56)36-17-34(13-15-39(36)53)47(69)58-22-44(68)62-46(51(5,6)7)50(72)65-25-35(66)19-42(65)49(71)60-29(3)31-9-11-32(12-10-31)45-30(4)59-26-73-45/h9-18,20-21,26-29,35,42,46,66H,19,22-25H2,1-8H3,(H,57,67)(H,58,69)(H,60,71)(H,61,70)(H,62,68)/t27-,28+,29-,35+,42-,46+/m0/s1. The number of aliphatic hydroxyl groups excluding tert-OH is 1. The molecular weight excluding hydrogens is 971 g/mol. The predicted octanol–water partition coefficient (Wildman–Crippen LogP) is 6.51. The number of H-pyrrole nitrogens is 1. The van der Waals surface area contributed by atoms with Crippen molar-refractivity contribution in [1.29, 1.82) is 0 Å². The summed E-state index contributed by atoms with van der Waals surface area (Å²) in [6.45, 7) is 13.1. The predicted molar refractivity (Wildman–Crippen MR) is 269 cm³/mol. The molecule has 2 fully saturated rings. The lowest BCUT2D eigenvalue weighted by molar-refractivity contribution is -0.144. The molecule has 16 nitrogen and oxygen atoms in total. The third kappa shape index (κ3) is 12.3. The average Bonchev–Trinajstić information content (AvgIpc) is 3.95. The molecular formula is C52H59F4N9O7S. The summed E-state index contributed by atoms with van der Waals surface area (Å²) in [5.74, 6) is -4.60. The molecule has 0 aliphatic carbocycles. The molecule has 6 atom stereocenters. The minimum Gasteiger partial charge on any atom is -0.391 e. The zero-order chi connectivity index (χ0) is 53.3. The Bertz CT molecular complexity index is 2940. The first-order valence-electron chi connectivity index (χ1n) is 23.7. The van der Waals surface area contributed by atoms with Crippen LogP contribution in [0.3, 0.4) is 0 Å². The zero-order valence-electron chi connectivity index (χ0n) is 41.6. The fourth-order valence-corrected chi connectivity index (χ4v) is 9.95. The van der Waals surface area contributed by atoms with Gasteiger partial charge in [0.25, 0.3) is 11.8 Å². The van der Waals surface area contributed by atoms with Crippen molar-refractivity contribution in [3.05, 3.63) is 123 Å². The molecule has 0 radical (unpaired) electrons. The first-order valence-corrected chi connectivity index (χ1v) is 24.6. The quantitative estimate of drug-likeness (QED) is 0.0705. The number of amides is 5. The minimum atomic E-state index is -5.04. The summed E-state index contributed by atoms with van der Waals surface area (Å²) in [6, 6.07) is 13.3. The van der Waals surface area contributed by atoms with Crippen molar-refractivity contribution in [3.63, 3.8) is 0 Å². The van der Waals surface area contributed by atoms with Crippen LogP contribution in [0.5, 0.6) is 0 Å². The van der Waals surface area contributed by atoms with Crippen LogP contribution >= 0.6 is 11.3 Å². The summed E-state index contributed by atoms with van der Waals surface area (Å²) < 4.78 is 57.8. The van der Waals surface area contributed by atoms with Crippen LogP contribution in [-0.2, 0) is 20.6 Å². The molecule has 2 aromatic heterocycles. The number of aromatic amines is 1. The van der Waals surface area contributed by atoms with Crippen LogP contribution < -0.4 is 31.7 Å². The molecule has 2 aliphatic rings. The number of carbonyl (C=O) groups excluding carboxylic acids is 5. The van der Waals surface area contributed by atoms with E-state index in [1.807, 2.05) is 63.9 Å². The fourth-order valence-electron chi connectivity index (χ4n) is 9.14. The second-order valence-corrected chi connectivity index (χ2v) is 20.7. The fraction of sp³-hybridized carbons (Fsp3) is 0.404. The van der Waals surface area contributed by atoms with Crippen LogP contribution in [0, 0.1) is 18.2 Å². The van der Waals surface area contributed by atoms with Crippen molar-refractivity contribution in [2.45, 2.75) is 97.4 Å². The van der Waals surface area contributed by atoms with E-state index in [0.29, 0.717) is 31.0 Å². The molecule has 0 saturated carbocycles. The Hall–Kier alpha value is -6.97. The number of benzene rings is 3. The number of β-amino-alcohol motifs (C(OH)–C–C–N with tert-alkyl or cyclic N) is 1. The summed E-state index contributed by atoms with van der Waals surface area (Å²) in [6.07, 6.45) is -5.39. The Balaban J connectivity index is 1.05. The third-order valence-corrected chi connectivity index (χ3v) is 14.4. The Morgan fingerprint density at radius 2 is 1.58 bits per heavy atom. The van der Waals surface area contributed by atoms with Crippen LogP contribution in [0.4, 0.5) is 28.9 Å². The summed E-state index contributed by atoms with van der Waals surface area (Å²) in [5.41, 5.74) is 0.679. The number of thiazole rings is 1. The highest BCUT2D eigenvalue weighted by atomic mass is 32.1. The Kier molecular flexibility index (Phi) is 15.9. The highest BCUT2D eigenvalue weighted by Crippen LogP contribution is 2.37. The molecule has 4 heterocycles. The van der Waals surface area contributed by atoms with Gasteiger partial charge in [0.1, 0.15) is 17.9 Å². The van der Waals surface area contributed by atoms with E-state index in [9.17, 15) is 47.0 Å². The molecule has 388 valence electrons. The van der Waals surface area contributed by atoms with Crippen LogP contribution in [0.2, 0.25) is 0 Å². The van der Waals surface area contributed by atoms with Gasteiger partial charge in [0.15, 0.2) is 0 Å². The van der Waals surface area contributed by atoms with Gasteiger partial charge in [0.05, 0.1) is 57.3 Å². The number of aliphatic hydroxyl groups is 1. The number of hydrogen-bond donors (Lipinski definition) is 6. The van der Waals surface area contributed by atoms with Crippen molar-refractivity contribution >= 4 is 52.2 Å². The van der Waals surface area contributed by atoms with Crippen LogP contribution in [0.15, 0.2) is 83.2 Å². The van der Waals surface area contributed by atoms with Gasteiger partial charge < -0.3 is 41.2 Å². The molecule has 2 saturated heterocycles. The molecule has 0 spiro atoms. The normalized spacial score (nSPS) is 19.2. The van der Waals surface area contributed by atoms with E-state index in [1.165, 1.54) is 34.4 Å². The van der Waals surface area contributed by atoms with Crippen LogP contribution in [0.25, 0.3) is 21.6 Å². The highest BCUT2D eigenvalue weighted by molar-refractivity contribution is 7.13. The van der Waals surface area contributed by atoms with E-state index in [4.69, 9.17) is 0 Å². The van der Waals surface area contributed by atoms with Gasteiger partial charge in [-0.05, 0) is 87.2 Å². The molecule has 3 aromatic carbocycles. The summed E-state index contributed by atoms with van der Waals surface area (Å²) in [4.78, 5) is 93.5. The largest absolute Gasteiger partial charge is 0.417 e. The number of nitrogens with one attached hydrogen (secondary N) is 5. The maximum absolute atomic E-state index is 15.7. The Morgan fingerprint density at radius 1 is 0.904 bits per heavy atom. The number of likely N-dealkylation sites (tertiary alicyclic amines) is 1. The topological polar surface area (TPSA) is 209 Å². The number of alkyl halides is 3. The highest BCUT2D eigenvalue weighted by Gasteiger charge is 2.45. The van der Waals surface area contributed by atoms with Gasteiger partial charge >= 0.3 is 6.18 Å². The van der Waals surface area contributed by atoms with Crippen molar-refractivity contribution in [3.8, 4) is 21.6 Å². The summed E-state index contributed by atoms with van der Waals surface area (Å²) >= 11 is 1.53. The smallest absolute Gasteiger partial charge is 0.391 e. The van der Waals surface area contributed by atoms with Gasteiger partial charge in [0.2, 0.25) is 23.3 Å². The molecule has 5 aromatic rings. The monoisotopic (exact) mass is 1030 g/mol. The van der Waals surface area contributed by atoms with E-state index >= 15 is 4.39 Å². The van der Waals surface area contributed by atoms with Crippen LogP contribution in [-0.4, -0.2) is 118 Å². The zero-order valence-corrected chi connectivity index (χ0v) is 42.4. The number of aromatic nitrogens is 2. The molecule has 0 unspecified atom stereocenters. The number of carbonyl (C=O) groups is 5. The minimum absolute atomic E-state index is 0.0249. The maximum Gasteiger partial charge on any atom is 0.417 e. The second kappa shape index (κ2) is 21.6. The lowest BCUT2D eigenvalue weighted by atomic mass is 9.85. The van der Waals surface area contributed by atoms with Crippen molar-refractivity contribution in [2.75, 3.05) is 43.4 Å². The van der Waals surface area contributed by atoms with E-state index in [2.05, 4.69) is 36.1 Å². The number of pyridine rings is 1. The molecule has 7 rings (SSSR count). The number of hydrogen-bond acceptors (Lipinski definition) is 11. The molecule has 0 bridgehead atoms. The van der Waals surface area contributed by atoms with E-state index in [0.717, 1.165) is 27.8 Å². The number of nitrogens with zero attached hydrogens (tertiary/aromatic N) is 4. The number of rotatable bonds is 13. The van der Waals surface area contributed by atoms with Crippen molar-refractivity contribution < 1.29 is 46.6 Å². The van der Waals surface area contributed by atoms with Crippen molar-refractivity contribution in [2.24, 2.45) is 5.41 Å². The van der Waals surface area contributed by atoms with Gasteiger partial charge in [-0.25, -0.2) is 9.37 Å². The Labute approximate surface area is 423 Å². The Morgan fingerprint density at radius 3 is 2.21 bits per heavy atom. The van der Waals surface area contributed by atoms with E-state index in [1.54, 1.807) is 38.4 Å². The lowest BCUT2D eigenvalue weighted by Crippen LogP contribution is -2.58. The molecule has 5 amide bonds. The summed E-state index contributed by atoms with van der Waals surface area (Å²) in [5, 5.41) is 21.4.